The van der Waals surface area contributed by atoms with Gasteiger partial charge in [0.25, 0.3) is 0 Å². The summed E-state index contributed by atoms with van der Waals surface area (Å²) < 4.78 is 50.1. The van der Waals surface area contributed by atoms with Gasteiger partial charge < -0.3 is 19.7 Å². The molecule has 0 aromatic heterocycles. The largest absolute Gasteiger partial charge is 0.454 e. The van der Waals surface area contributed by atoms with Crippen molar-refractivity contribution in [2.75, 3.05) is 30.4 Å². The SMILES string of the molecule is CCCNC(=O)C(C)N(Cc1ccc(F)cc1)C(=O)CN(c1ccc2c(c1)OCO2)S(C)(=O)=O. The molecule has 11 heteroatoms. The number of carbonyl (C=O) groups excluding carboxylic acids is 2. The third-order valence-electron chi connectivity index (χ3n) is 5.31. The van der Waals surface area contributed by atoms with Crippen LogP contribution in [0.5, 0.6) is 11.5 Å². The van der Waals surface area contributed by atoms with E-state index >= 15 is 0 Å². The summed E-state index contributed by atoms with van der Waals surface area (Å²) in [6.07, 6.45) is 1.71. The summed E-state index contributed by atoms with van der Waals surface area (Å²) >= 11 is 0. The van der Waals surface area contributed by atoms with Crippen molar-refractivity contribution in [2.45, 2.75) is 32.9 Å². The molecule has 2 aromatic carbocycles. The molecule has 2 amide bonds. The molecule has 2 aromatic rings. The van der Waals surface area contributed by atoms with Crippen LogP contribution in [0.1, 0.15) is 25.8 Å². The topological polar surface area (TPSA) is 105 Å². The van der Waals surface area contributed by atoms with E-state index in [0.717, 1.165) is 17.0 Å². The van der Waals surface area contributed by atoms with Gasteiger partial charge in [-0.15, -0.1) is 0 Å². The third kappa shape index (κ3) is 6.16. The molecule has 1 unspecified atom stereocenters. The van der Waals surface area contributed by atoms with Crippen molar-refractivity contribution in [3.63, 3.8) is 0 Å². The molecule has 0 radical (unpaired) electrons. The van der Waals surface area contributed by atoms with E-state index in [0.29, 0.717) is 23.6 Å². The summed E-state index contributed by atoms with van der Waals surface area (Å²) in [6.45, 7) is 3.39. The molecule has 3 rings (SSSR count). The highest BCUT2D eigenvalue weighted by Crippen LogP contribution is 2.36. The van der Waals surface area contributed by atoms with Crippen LogP contribution in [0.2, 0.25) is 0 Å². The smallest absolute Gasteiger partial charge is 0.244 e. The molecule has 0 aliphatic carbocycles. The Morgan fingerprint density at radius 3 is 2.44 bits per heavy atom. The van der Waals surface area contributed by atoms with Gasteiger partial charge in [-0.3, -0.25) is 13.9 Å². The number of amides is 2. The lowest BCUT2D eigenvalue weighted by atomic mass is 10.1. The highest BCUT2D eigenvalue weighted by atomic mass is 32.2. The quantitative estimate of drug-likeness (QED) is 0.544. The summed E-state index contributed by atoms with van der Waals surface area (Å²) in [5.74, 6) is -0.545. The first-order valence-corrected chi connectivity index (χ1v) is 12.6. The van der Waals surface area contributed by atoms with Crippen molar-refractivity contribution in [1.29, 1.82) is 0 Å². The summed E-state index contributed by atoms with van der Waals surface area (Å²) in [6, 6.07) is 9.23. The van der Waals surface area contributed by atoms with Crippen molar-refractivity contribution in [3.8, 4) is 11.5 Å². The van der Waals surface area contributed by atoms with Crippen molar-refractivity contribution in [1.82, 2.24) is 10.2 Å². The number of rotatable bonds is 10. The van der Waals surface area contributed by atoms with Crippen LogP contribution in [0.4, 0.5) is 10.1 Å². The molecule has 0 fully saturated rings. The molecule has 1 heterocycles. The van der Waals surface area contributed by atoms with Gasteiger partial charge >= 0.3 is 0 Å². The lowest BCUT2D eigenvalue weighted by Gasteiger charge is -2.31. The van der Waals surface area contributed by atoms with Crippen molar-refractivity contribution in [2.24, 2.45) is 0 Å². The normalized spacial score (nSPS) is 13.3. The Morgan fingerprint density at radius 1 is 1.12 bits per heavy atom. The zero-order chi connectivity index (χ0) is 24.9. The minimum atomic E-state index is -3.86. The molecule has 184 valence electrons. The van der Waals surface area contributed by atoms with Crippen LogP contribution in [0.15, 0.2) is 42.5 Å². The minimum absolute atomic E-state index is 0.00142. The molecule has 1 atom stereocenters. The zero-order valence-corrected chi connectivity index (χ0v) is 20.1. The summed E-state index contributed by atoms with van der Waals surface area (Å²) in [5, 5.41) is 2.75. The van der Waals surface area contributed by atoms with Gasteiger partial charge in [-0.25, -0.2) is 12.8 Å². The number of ether oxygens (including phenoxy) is 2. The summed E-state index contributed by atoms with van der Waals surface area (Å²) in [7, 11) is -3.86. The van der Waals surface area contributed by atoms with E-state index < -0.39 is 34.3 Å². The Kier molecular flexibility index (Phi) is 7.98. The van der Waals surface area contributed by atoms with Gasteiger partial charge in [-0.2, -0.15) is 0 Å². The van der Waals surface area contributed by atoms with Gasteiger partial charge in [0.2, 0.25) is 28.6 Å². The number of anilines is 1. The Hall–Kier alpha value is -3.34. The van der Waals surface area contributed by atoms with Crippen LogP contribution in [0.3, 0.4) is 0 Å². The van der Waals surface area contributed by atoms with E-state index in [2.05, 4.69) is 5.32 Å². The first-order valence-electron chi connectivity index (χ1n) is 10.8. The number of fused-ring (bicyclic) bond motifs is 1. The van der Waals surface area contributed by atoms with Gasteiger partial charge in [-0.1, -0.05) is 19.1 Å². The first kappa shape index (κ1) is 25.3. The molecule has 9 nitrogen and oxygen atoms in total. The van der Waals surface area contributed by atoms with Crippen molar-refractivity contribution >= 4 is 27.5 Å². The molecular weight excluding hydrogens is 465 g/mol. The minimum Gasteiger partial charge on any atom is -0.454 e. The number of hydrogen-bond donors (Lipinski definition) is 1. The number of hydrogen-bond acceptors (Lipinski definition) is 6. The Morgan fingerprint density at radius 2 is 1.79 bits per heavy atom. The summed E-state index contributed by atoms with van der Waals surface area (Å²) in [4.78, 5) is 27.3. The maximum atomic E-state index is 13.4. The molecular formula is C23H28FN3O6S. The highest BCUT2D eigenvalue weighted by molar-refractivity contribution is 7.92. The van der Waals surface area contributed by atoms with E-state index in [9.17, 15) is 22.4 Å². The second-order valence-electron chi connectivity index (χ2n) is 7.92. The van der Waals surface area contributed by atoms with Crippen LogP contribution in [-0.4, -0.2) is 57.3 Å². The average Bonchev–Trinajstić information content (AvgIpc) is 3.27. The van der Waals surface area contributed by atoms with Gasteiger partial charge in [0, 0.05) is 19.2 Å². The molecule has 0 saturated heterocycles. The Bertz CT molecular complexity index is 1140. The van der Waals surface area contributed by atoms with Gasteiger partial charge in [0.1, 0.15) is 18.4 Å². The maximum absolute atomic E-state index is 13.4. The molecule has 1 aliphatic heterocycles. The maximum Gasteiger partial charge on any atom is 0.244 e. The van der Waals surface area contributed by atoms with Crippen LogP contribution in [0.25, 0.3) is 0 Å². The van der Waals surface area contributed by atoms with Crippen LogP contribution >= 0.6 is 0 Å². The molecule has 1 N–H and O–H groups in total. The number of halogens is 1. The fourth-order valence-electron chi connectivity index (χ4n) is 3.42. The van der Waals surface area contributed by atoms with Crippen LogP contribution < -0.4 is 19.1 Å². The molecule has 0 bridgehead atoms. The molecule has 0 spiro atoms. The van der Waals surface area contributed by atoms with Crippen LogP contribution in [-0.2, 0) is 26.2 Å². The Labute approximate surface area is 198 Å². The number of benzene rings is 2. The van der Waals surface area contributed by atoms with Crippen molar-refractivity contribution < 1.29 is 31.9 Å². The third-order valence-corrected chi connectivity index (χ3v) is 6.45. The van der Waals surface area contributed by atoms with Crippen molar-refractivity contribution in [3.05, 3.63) is 53.8 Å². The van der Waals surface area contributed by atoms with E-state index in [1.165, 1.54) is 41.3 Å². The molecule has 1 aliphatic rings. The van der Waals surface area contributed by atoms with Gasteiger partial charge in [-0.05, 0) is 43.2 Å². The van der Waals surface area contributed by atoms with E-state index in [1.807, 2.05) is 6.92 Å². The fraction of sp³-hybridized carbons (Fsp3) is 0.391. The van der Waals surface area contributed by atoms with Gasteiger partial charge in [0.15, 0.2) is 11.5 Å². The molecule has 34 heavy (non-hydrogen) atoms. The second-order valence-corrected chi connectivity index (χ2v) is 9.83. The molecule has 0 saturated carbocycles. The number of nitrogens with zero attached hydrogens (tertiary/aromatic N) is 2. The van der Waals surface area contributed by atoms with E-state index in [4.69, 9.17) is 9.47 Å². The van der Waals surface area contributed by atoms with Crippen LogP contribution in [0, 0.1) is 5.82 Å². The fourth-order valence-corrected chi connectivity index (χ4v) is 4.26. The Balaban J connectivity index is 1.89. The lowest BCUT2D eigenvalue weighted by molar-refractivity contribution is -0.139. The second kappa shape index (κ2) is 10.7. The monoisotopic (exact) mass is 493 g/mol. The lowest BCUT2D eigenvalue weighted by Crippen LogP contribution is -2.51. The van der Waals surface area contributed by atoms with E-state index in [1.54, 1.807) is 13.0 Å². The highest BCUT2D eigenvalue weighted by Gasteiger charge is 2.30. The number of carbonyl (C=O) groups is 2. The first-order chi connectivity index (χ1) is 16.1. The predicted molar refractivity (Wildman–Crippen MR) is 124 cm³/mol. The average molecular weight is 494 g/mol. The zero-order valence-electron chi connectivity index (χ0n) is 19.3. The predicted octanol–water partition coefficient (Wildman–Crippen LogP) is 2.26. The van der Waals surface area contributed by atoms with E-state index in [-0.39, 0.29) is 24.9 Å². The number of sulfonamides is 1. The summed E-state index contributed by atoms with van der Waals surface area (Å²) in [5.41, 5.74) is 0.823. The standard InChI is InChI=1S/C23H28FN3O6S/c1-4-11-25-23(29)16(2)26(13-17-5-7-18(24)8-6-17)22(28)14-27(34(3,30)31)19-9-10-20-21(12-19)33-15-32-20/h5-10,12,16H,4,11,13-15H2,1-3H3,(H,25,29). The number of nitrogens with one attached hydrogen (secondary N) is 1. The van der Waals surface area contributed by atoms with Gasteiger partial charge in [0.05, 0.1) is 11.9 Å².